The van der Waals surface area contributed by atoms with Crippen LogP contribution in [0, 0.1) is 5.92 Å². The van der Waals surface area contributed by atoms with Crippen molar-refractivity contribution in [1.82, 2.24) is 0 Å². The van der Waals surface area contributed by atoms with Crippen molar-refractivity contribution in [2.75, 3.05) is 41.5 Å². The SMILES string of the molecule is COc1ccc([Si](C)(C)[C@H]2[C@H](CCO)O[C@@]3(C(=O)N(Cc4cccc(N5CCCCCCC5=O)c4)c4ccc(N5CCCCCCC5=O)cc43)[C@@H]2C)cc1. The van der Waals surface area contributed by atoms with Gasteiger partial charge in [-0.2, -0.15) is 0 Å². The first-order valence-corrected chi connectivity index (χ1v) is 23.3. The number of aliphatic hydroxyl groups excluding tert-OH is 1. The van der Waals surface area contributed by atoms with Crippen molar-refractivity contribution in [3.63, 3.8) is 0 Å². The third kappa shape index (κ3) is 7.01. The van der Waals surface area contributed by atoms with Crippen LogP contribution >= 0.6 is 0 Å². The Bertz CT molecular complexity index is 1850. The van der Waals surface area contributed by atoms with Crippen molar-refractivity contribution in [3.8, 4) is 5.75 Å². The Morgan fingerprint density at radius 2 is 1.44 bits per heavy atom. The van der Waals surface area contributed by atoms with Crippen LogP contribution in [0.25, 0.3) is 0 Å². The molecule has 0 saturated carbocycles. The van der Waals surface area contributed by atoms with Crippen LogP contribution in [0.2, 0.25) is 18.6 Å². The molecule has 10 heteroatoms. The smallest absolute Gasteiger partial charge is 0.264 e. The van der Waals surface area contributed by atoms with E-state index < -0.39 is 13.7 Å². The topological polar surface area (TPSA) is 99.6 Å². The lowest BCUT2D eigenvalue weighted by Crippen LogP contribution is -2.51. The minimum absolute atomic E-state index is 0.00300. The highest BCUT2D eigenvalue weighted by Crippen LogP contribution is 2.60. The highest BCUT2D eigenvalue weighted by molar-refractivity contribution is 6.91. The monoisotopic (exact) mass is 751 g/mol. The predicted octanol–water partition coefficient (Wildman–Crippen LogP) is 7.43. The summed E-state index contributed by atoms with van der Waals surface area (Å²) in [5.74, 6) is 0.725. The Labute approximate surface area is 321 Å². The third-order valence-corrected chi connectivity index (χ3v) is 17.1. The van der Waals surface area contributed by atoms with Crippen LogP contribution in [0.15, 0.2) is 66.7 Å². The minimum Gasteiger partial charge on any atom is -0.497 e. The van der Waals surface area contributed by atoms with Gasteiger partial charge in [-0.15, -0.1) is 0 Å². The Morgan fingerprint density at radius 3 is 2.07 bits per heavy atom. The van der Waals surface area contributed by atoms with Gasteiger partial charge in [-0.1, -0.05) is 75.2 Å². The van der Waals surface area contributed by atoms with E-state index in [1.54, 1.807) is 7.11 Å². The molecule has 0 bridgehead atoms. The van der Waals surface area contributed by atoms with E-state index in [4.69, 9.17) is 9.47 Å². The van der Waals surface area contributed by atoms with E-state index in [1.165, 1.54) is 5.19 Å². The van der Waals surface area contributed by atoms with Crippen molar-refractivity contribution >= 4 is 48.0 Å². The molecule has 0 aromatic heterocycles. The molecule has 4 aliphatic heterocycles. The molecule has 3 aromatic carbocycles. The number of methoxy groups -OCH3 is 1. The molecule has 4 atom stereocenters. The summed E-state index contributed by atoms with van der Waals surface area (Å²) in [5.41, 5.74) is 2.90. The standard InChI is InChI=1S/C44H57N3O6Si/c1-31-42(54(3,4)36-21-19-35(52-2)20-22-36)39(24-27-48)53-44(31)37-29-34(46-26-12-8-6-10-17-41(46)50)18-23-38(37)47(43(44)51)30-32-14-13-15-33(28-32)45-25-11-7-5-9-16-40(45)49/h13-15,18-23,28-29,31,39,42,48H,5-12,16-17,24-27,30H2,1-4H3/t31-,39+,42-,44+/m1/s1. The lowest BCUT2D eigenvalue weighted by molar-refractivity contribution is -0.146. The van der Waals surface area contributed by atoms with Gasteiger partial charge in [-0.25, -0.2) is 0 Å². The normalized spacial score (nSPS) is 25.4. The Morgan fingerprint density at radius 1 is 0.815 bits per heavy atom. The molecule has 4 aliphatic rings. The maximum absolute atomic E-state index is 15.4. The molecule has 7 rings (SSSR count). The molecule has 54 heavy (non-hydrogen) atoms. The summed E-state index contributed by atoms with van der Waals surface area (Å²) in [6.07, 6.45) is 9.19. The van der Waals surface area contributed by atoms with Gasteiger partial charge in [0.15, 0.2) is 5.60 Å². The fourth-order valence-electron chi connectivity index (χ4n) is 9.89. The number of nitrogens with zero attached hydrogens (tertiary/aromatic N) is 3. The predicted molar refractivity (Wildman–Crippen MR) is 216 cm³/mol. The van der Waals surface area contributed by atoms with E-state index >= 15 is 4.79 Å². The van der Waals surface area contributed by atoms with Gasteiger partial charge in [0, 0.05) is 55.4 Å². The van der Waals surface area contributed by atoms with E-state index in [1.807, 2.05) is 57.2 Å². The number of ether oxygens (including phenoxy) is 2. The molecule has 3 aromatic rings. The highest BCUT2D eigenvalue weighted by atomic mass is 28.3. The largest absolute Gasteiger partial charge is 0.497 e. The minimum atomic E-state index is -2.36. The summed E-state index contributed by atoms with van der Waals surface area (Å²) in [6.45, 7) is 8.45. The summed E-state index contributed by atoms with van der Waals surface area (Å²) in [5, 5.41) is 11.6. The van der Waals surface area contributed by atoms with E-state index in [9.17, 15) is 14.7 Å². The number of anilines is 3. The van der Waals surface area contributed by atoms with Crippen molar-refractivity contribution in [1.29, 1.82) is 0 Å². The van der Waals surface area contributed by atoms with Crippen molar-refractivity contribution in [2.45, 2.75) is 114 Å². The van der Waals surface area contributed by atoms with Crippen molar-refractivity contribution < 1.29 is 29.0 Å². The fourth-order valence-corrected chi connectivity index (χ4v) is 14.0. The van der Waals surface area contributed by atoms with E-state index in [0.717, 1.165) is 85.3 Å². The van der Waals surface area contributed by atoms with Gasteiger partial charge in [0.2, 0.25) is 11.8 Å². The molecule has 1 N–H and O–H groups in total. The van der Waals surface area contributed by atoms with Crippen LogP contribution < -0.4 is 24.6 Å². The summed E-state index contributed by atoms with van der Waals surface area (Å²) in [4.78, 5) is 47.8. The zero-order valence-electron chi connectivity index (χ0n) is 32.5. The number of hydrogen-bond acceptors (Lipinski definition) is 6. The molecule has 0 aliphatic carbocycles. The number of carbonyl (C=O) groups excluding carboxylic acids is 3. The number of carbonyl (C=O) groups is 3. The molecule has 0 radical (unpaired) electrons. The molecule has 3 fully saturated rings. The van der Waals surface area contributed by atoms with E-state index in [2.05, 4.69) is 44.3 Å². The fraction of sp³-hybridized carbons (Fsp3) is 0.523. The lowest BCUT2D eigenvalue weighted by atomic mass is 9.82. The third-order valence-electron chi connectivity index (χ3n) is 12.8. The second-order valence-corrected chi connectivity index (χ2v) is 21.0. The van der Waals surface area contributed by atoms with Gasteiger partial charge in [0.25, 0.3) is 5.91 Å². The Kier molecular flexibility index (Phi) is 11.3. The molecule has 1 spiro atoms. The van der Waals surface area contributed by atoms with Crippen LogP contribution in [0.5, 0.6) is 5.75 Å². The summed E-state index contributed by atoms with van der Waals surface area (Å²) >= 11 is 0. The molecule has 4 heterocycles. The lowest BCUT2D eigenvalue weighted by Gasteiger charge is -2.37. The molecule has 3 amide bonds. The molecule has 3 saturated heterocycles. The van der Waals surface area contributed by atoms with Gasteiger partial charge < -0.3 is 29.3 Å². The number of benzene rings is 3. The van der Waals surface area contributed by atoms with Crippen molar-refractivity contribution in [3.05, 3.63) is 77.9 Å². The zero-order chi connectivity index (χ0) is 38.0. The van der Waals surface area contributed by atoms with Gasteiger partial charge >= 0.3 is 0 Å². The zero-order valence-corrected chi connectivity index (χ0v) is 33.5. The first kappa shape index (κ1) is 38.3. The second kappa shape index (κ2) is 16.0. The maximum Gasteiger partial charge on any atom is 0.264 e. The Balaban J connectivity index is 1.31. The van der Waals surface area contributed by atoms with Crippen molar-refractivity contribution in [2.24, 2.45) is 5.92 Å². The second-order valence-electron chi connectivity index (χ2n) is 16.4. The first-order chi connectivity index (χ1) is 26.1. The number of fused-ring (bicyclic) bond motifs is 2. The van der Waals surface area contributed by atoms with E-state index in [0.29, 0.717) is 38.9 Å². The van der Waals surface area contributed by atoms with Gasteiger partial charge in [-0.3, -0.25) is 14.4 Å². The summed E-state index contributed by atoms with van der Waals surface area (Å²) in [6, 6.07) is 22.4. The van der Waals surface area contributed by atoms with Crippen LogP contribution in [-0.4, -0.2) is 63.8 Å². The van der Waals surface area contributed by atoms with Crippen LogP contribution in [0.1, 0.15) is 88.7 Å². The van der Waals surface area contributed by atoms with Crippen LogP contribution in [0.4, 0.5) is 17.1 Å². The number of amides is 3. The van der Waals surface area contributed by atoms with Gasteiger partial charge in [-0.05, 0) is 85.7 Å². The molecule has 9 nitrogen and oxygen atoms in total. The maximum atomic E-state index is 15.4. The van der Waals surface area contributed by atoms with Crippen LogP contribution in [-0.2, 0) is 31.3 Å². The van der Waals surface area contributed by atoms with Crippen LogP contribution in [0.3, 0.4) is 0 Å². The molecular weight excluding hydrogens is 695 g/mol. The average molecular weight is 752 g/mol. The van der Waals surface area contributed by atoms with Gasteiger partial charge in [0.05, 0.1) is 33.5 Å². The number of rotatable bonds is 9. The van der Waals surface area contributed by atoms with E-state index in [-0.39, 0.29) is 41.9 Å². The Hall–Kier alpha value is -3.99. The number of hydrogen-bond donors (Lipinski definition) is 1. The summed E-state index contributed by atoms with van der Waals surface area (Å²) in [7, 11) is -0.693. The molecule has 0 unspecified atom stereocenters. The molecule has 288 valence electrons. The highest BCUT2D eigenvalue weighted by Gasteiger charge is 2.66. The van der Waals surface area contributed by atoms with Gasteiger partial charge in [0.1, 0.15) is 5.75 Å². The average Bonchev–Trinajstić information content (AvgIpc) is 3.58. The summed E-state index contributed by atoms with van der Waals surface area (Å²) < 4.78 is 12.7. The number of aliphatic hydroxyl groups is 1. The quantitative estimate of drug-likeness (QED) is 0.229. The molecular formula is C44H57N3O6Si. The first-order valence-electron chi connectivity index (χ1n) is 20.2.